The summed E-state index contributed by atoms with van der Waals surface area (Å²) in [6.45, 7) is 6.67. The van der Waals surface area contributed by atoms with Crippen LogP contribution in [0.1, 0.15) is 55.7 Å². The maximum atomic E-state index is 12.9. The number of carbonyl (C=O) groups is 4. The van der Waals surface area contributed by atoms with Crippen molar-refractivity contribution in [3.63, 3.8) is 0 Å². The van der Waals surface area contributed by atoms with Crippen LogP contribution >= 0.6 is 0 Å². The highest BCUT2D eigenvalue weighted by Gasteiger charge is 2.44. The molecule has 1 saturated carbocycles. The highest BCUT2D eigenvalue weighted by Crippen LogP contribution is 2.34. The average molecular weight is 375 g/mol. The summed E-state index contributed by atoms with van der Waals surface area (Å²) in [5.74, 6) is -3.58. The Morgan fingerprint density at radius 1 is 1.19 bits per heavy atom. The molecule has 1 heterocycles. The third-order valence-corrected chi connectivity index (χ3v) is 4.70. The second-order valence-corrected chi connectivity index (χ2v) is 8.11. The molecule has 8 nitrogen and oxygen atoms in total. The molecule has 1 aliphatic carbocycles. The Kier molecular flexibility index (Phi) is 5.49. The first-order chi connectivity index (χ1) is 12.4. The predicted octanol–water partition coefficient (Wildman–Crippen LogP) is 0.958. The Balaban J connectivity index is 2.49. The highest BCUT2D eigenvalue weighted by molar-refractivity contribution is 6.25. The van der Waals surface area contributed by atoms with E-state index in [1.165, 1.54) is 17.9 Å². The smallest absolute Gasteiger partial charge is 0.278 e. The molecule has 1 atom stereocenters. The van der Waals surface area contributed by atoms with E-state index in [-0.39, 0.29) is 24.3 Å². The van der Waals surface area contributed by atoms with Crippen molar-refractivity contribution >= 4 is 23.3 Å². The van der Waals surface area contributed by atoms with E-state index >= 15 is 0 Å². The van der Waals surface area contributed by atoms with Gasteiger partial charge in [0.15, 0.2) is 17.3 Å². The number of carbonyl (C=O) groups excluding carboxylic acids is 4. The summed E-state index contributed by atoms with van der Waals surface area (Å²) in [6.07, 6.45) is 0.200. The van der Waals surface area contributed by atoms with Gasteiger partial charge in [-0.3, -0.25) is 24.0 Å². The Labute approximate surface area is 157 Å². The molecule has 1 amide bonds. The summed E-state index contributed by atoms with van der Waals surface area (Å²) in [5, 5.41) is 4.06. The van der Waals surface area contributed by atoms with Gasteiger partial charge in [-0.2, -0.15) is 5.10 Å². The maximum absolute atomic E-state index is 12.9. The molecule has 1 aromatic rings. The fraction of sp³-hybridized carbons (Fsp3) is 0.579. The molecule has 8 heteroatoms. The number of hydrogen-bond donors (Lipinski definition) is 0. The first-order valence-corrected chi connectivity index (χ1v) is 8.77. The largest absolute Gasteiger partial charge is 0.347 e. The number of amides is 1. The van der Waals surface area contributed by atoms with Crippen LogP contribution in [0.25, 0.3) is 0 Å². The van der Waals surface area contributed by atoms with Gasteiger partial charge in [0.1, 0.15) is 12.0 Å². The number of aromatic nitrogens is 2. The van der Waals surface area contributed by atoms with Gasteiger partial charge in [0.25, 0.3) is 5.56 Å². The van der Waals surface area contributed by atoms with Crippen LogP contribution in [-0.4, -0.2) is 52.0 Å². The van der Waals surface area contributed by atoms with Crippen LogP contribution in [-0.2, 0) is 14.4 Å². The van der Waals surface area contributed by atoms with Gasteiger partial charge < -0.3 is 4.90 Å². The van der Waals surface area contributed by atoms with Crippen LogP contribution < -0.4 is 5.56 Å². The lowest BCUT2D eigenvalue weighted by atomic mass is 9.70. The Hall–Kier alpha value is -2.64. The Bertz CT molecular complexity index is 862. The van der Waals surface area contributed by atoms with Crippen molar-refractivity contribution in [2.24, 2.45) is 11.3 Å². The van der Waals surface area contributed by atoms with E-state index in [0.29, 0.717) is 5.69 Å². The molecule has 2 rings (SSSR count). The number of hydrogen-bond acceptors (Lipinski definition) is 6. The number of ketones is 3. The van der Waals surface area contributed by atoms with Crippen LogP contribution in [0, 0.1) is 18.3 Å². The fourth-order valence-electron chi connectivity index (χ4n) is 3.39. The Morgan fingerprint density at radius 3 is 2.19 bits per heavy atom. The molecule has 146 valence electrons. The molecule has 0 N–H and O–H groups in total. The molecule has 1 unspecified atom stereocenters. The minimum Gasteiger partial charge on any atom is -0.347 e. The molecule has 1 aromatic heterocycles. The molecular weight excluding hydrogens is 350 g/mol. The van der Waals surface area contributed by atoms with Crippen molar-refractivity contribution in [2.45, 2.75) is 46.6 Å². The van der Waals surface area contributed by atoms with E-state index in [1.807, 2.05) is 0 Å². The second-order valence-electron chi connectivity index (χ2n) is 8.11. The third-order valence-electron chi connectivity index (χ3n) is 4.70. The third kappa shape index (κ3) is 4.04. The highest BCUT2D eigenvalue weighted by atomic mass is 16.2. The lowest BCUT2D eigenvalue weighted by molar-refractivity contribution is -0.137. The fourth-order valence-corrected chi connectivity index (χ4v) is 3.39. The number of rotatable bonds is 4. The number of likely N-dealkylation sites (N-methyl/N-ethyl adjacent to an activating group) is 1. The SMILES string of the molecule is Cc1cc(C(=O)C2C(=O)CC(C)(C)CC2=O)c(=O)n(C(C)C(=O)N(C)C)n1. The van der Waals surface area contributed by atoms with Gasteiger partial charge >= 0.3 is 0 Å². The zero-order valence-corrected chi connectivity index (χ0v) is 16.5. The van der Waals surface area contributed by atoms with Crippen molar-refractivity contribution in [1.29, 1.82) is 0 Å². The number of aryl methyl sites for hydroxylation is 1. The molecule has 0 radical (unpaired) electrons. The van der Waals surface area contributed by atoms with Crippen molar-refractivity contribution < 1.29 is 19.2 Å². The van der Waals surface area contributed by atoms with Crippen molar-refractivity contribution in [3.8, 4) is 0 Å². The van der Waals surface area contributed by atoms with Crippen LogP contribution in [0.15, 0.2) is 10.9 Å². The molecule has 0 spiro atoms. The van der Waals surface area contributed by atoms with Crippen LogP contribution in [0.2, 0.25) is 0 Å². The van der Waals surface area contributed by atoms with E-state index in [0.717, 1.165) is 4.68 Å². The summed E-state index contributed by atoms with van der Waals surface area (Å²) in [4.78, 5) is 64.1. The topological polar surface area (TPSA) is 106 Å². The van der Waals surface area contributed by atoms with Gasteiger partial charge in [0.05, 0.1) is 11.3 Å². The molecule has 0 bridgehead atoms. The lowest BCUT2D eigenvalue weighted by Crippen LogP contribution is -2.45. The van der Waals surface area contributed by atoms with Crippen LogP contribution in [0.4, 0.5) is 0 Å². The standard InChI is InChI=1S/C19H25N3O5/c1-10-7-12(18(27)22(20-10)11(2)17(26)21(5)6)16(25)15-13(23)8-19(3,4)9-14(15)24/h7,11,15H,8-9H2,1-6H3. The molecule has 0 aromatic carbocycles. The van der Waals surface area contributed by atoms with Crippen molar-refractivity contribution in [1.82, 2.24) is 14.7 Å². The van der Waals surface area contributed by atoms with Gasteiger partial charge in [0.2, 0.25) is 5.91 Å². The zero-order chi connectivity index (χ0) is 20.7. The van der Waals surface area contributed by atoms with Gasteiger partial charge in [0, 0.05) is 26.9 Å². The second kappa shape index (κ2) is 7.17. The van der Waals surface area contributed by atoms with E-state index in [1.54, 1.807) is 34.9 Å². The summed E-state index contributed by atoms with van der Waals surface area (Å²) in [7, 11) is 3.10. The molecule has 0 aliphatic heterocycles. The minimum absolute atomic E-state index is 0.100. The predicted molar refractivity (Wildman–Crippen MR) is 97.5 cm³/mol. The van der Waals surface area contributed by atoms with E-state index in [2.05, 4.69) is 5.10 Å². The van der Waals surface area contributed by atoms with Crippen LogP contribution in [0.3, 0.4) is 0 Å². The van der Waals surface area contributed by atoms with E-state index < -0.39 is 40.3 Å². The monoisotopic (exact) mass is 375 g/mol. The summed E-state index contributed by atoms with van der Waals surface area (Å²) < 4.78 is 0.937. The summed E-state index contributed by atoms with van der Waals surface area (Å²) >= 11 is 0. The zero-order valence-electron chi connectivity index (χ0n) is 16.5. The normalized spacial score (nSPS) is 18.3. The molecule has 0 saturated heterocycles. The van der Waals surface area contributed by atoms with Crippen molar-refractivity contribution in [2.75, 3.05) is 14.1 Å². The Morgan fingerprint density at radius 2 is 1.70 bits per heavy atom. The number of nitrogens with zero attached hydrogens (tertiary/aromatic N) is 3. The van der Waals surface area contributed by atoms with Crippen LogP contribution in [0.5, 0.6) is 0 Å². The maximum Gasteiger partial charge on any atom is 0.278 e. The molecular formula is C19H25N3O5. The number of Topliss-reactive ketones (excluding diaryl/α,β-unsaturated/α-hetero) is 3. The van der Waals surface area contributed by atoms with Gasteiger partial charge in [-0.05, 0) is 25.3 Å². The van der Waals surface area contributed by atoms with E-state index in [4.69, 9.17) is 0 Å². The van der Waals surface area contributed by atoms with Crippen molar-refractivity contribution in [3.05, 3.63) is 27.7 Å². The average Bonchev–Trinajstić information content (AvgIpc) is 2.53. The van der Waals surface area contributed by atoms with Gasteiger partial charge in [-0.15, -0.1) is 0 Å². The lowest BCUT2D eigenvalue weighted by Gasteiger charge is -2.31. The molecule has 27 heavy (non-hydrogen) atoms. The quantitative estimate of drug-likeness (QED) is 0.573. The molecule has 1 fully saturated rings. The van der Waals surface area contributed by atoms with Gasteiger partial charge in [-0.25, -0.2) is 4.68 Å². The molecule has 1 aliphatic rings. The summed E-state index contributed by atoms with van der Waals surface area (Å²) in [5.41, 5.74) is -1.22. The minimum atomic E-state index is -1.46. The van der Waals surface area contributed by atoms with E-state index in [9.17, 15) is 24.0 Å². The first-order valence-electron chi connectivity index (χ1n) is 8.77. The van der Waals surface area contributed by atoms with Gasteiger partial charge in [-0.1, -0.05) is 13.8 Å². The summed E-state index contributed by atoms with van der Waals surface area (Å²) in [6, 6.07) is 0.351. The first kappa shape index (κ1) is 20.7.